The van der Waals surface area contributed by atoms with Crippen LogP contribution in [-0.4, -0.2) is 52.8 Å². The highest BCUT2D eigenvalue weighted by Crippen LogP contribution is 2.29. The molecule has 2 rings (SSSR count). The largest absolute Gasteiger partial charge is 0.392 e. The van der Waals surface area contributed by atoms with Crippen molar-refractivity contribution in [3.05, 3.63) is 52.2 Å². The predicted molar refractivity (Wildman–Crippen MR) is 139 cm³/mol. The Balaban J connectivity index is 1.74. The van der Waals surface area contributed by atoms with Crippen LogP contribution < -0.4 is 16.0 Å². The van der Waals surface area contributed by atoms with Crippen LogP contribution in [0.1, 0.15) is 45.1 Å². The molecule has 9 nitrogen and oxygen atoms in total. The number of amides is 4. The summed E-state index contributed by atoms with van der Waals surface area (Å²) in [6.07, 6.45) is 4.75. The number of imide groups is 1. The molecule has 0 fully saturated rings. The van der Waals surface area contributed by atoms with E-state index in [9.17, 15) is 24.3 Å². The van der Waals surface area contributed by atoms with E-state index in [0.29, 0.717) is 49.2 Å². The average Bonchev–Trinajstić information content (AvgIpc) is 3.12. The first kappa shape index (κ1) is 29.4. The summed E-state index contributed by atoms with van der Waals surface area (Å²) in [6.45, 7) is 7.79. The van der Waals surface area contributed by atoms with Gasteiger partial charge in [0, 0.05) is 52.1 Å². The molecule has 36 heavy (non-hydrogen) atoms. The molecule has 0 saturated heterocycles. The molecule has 1 aliphatic rings. The van der Waals surface area contributed by atoms with E-state index in [-0.39, 0.29) is 58.8 Å². The van der Waals surface area contributed by atoms with Gasteiger partial charge in [0.25, 0.3) is 11.8 Å². The van der Waals surface area contributed by atoms with Gasteiger partial charge in [-0.25, -0.2) is 0 Å². The number of nitrogens with one attached hydrogen (secondary N) is 3. The van der Waals surface area contributed by atoms with E-state index in [1.165, 1.54) is 29.2 Å². The third-order valence-corrected chi connectivity index (χ3v) is 6.28. The fourth-order valence-corrected chi connectivity index (χ4v) is 4.23. The molecule has 1 heterocycles. The third kappa shape index (κ3) is 8.65. The number of carbonyl (C=O) groups excluding carboxylic acids is 4. The number of benzene rings is 1. The summed E-state index contributed by atoms with van der Waals surface area (Å²) in [6, 6.07) is 2.62. The first-order valence-electron chi connectivity index (χ1n) is 11.7. The Morgan fingerprint density at radius 3 is 2.19 bits per heavy atom. The average molecular weight is 539 g/mol. The summed E-state index contributed by atoms with van der Waals surface area (Å²) in [5, 5.41) is 18.3. The van der Waals surface area contributed by atoms with E-state index in [2.05, 4.69) is 22.5 Å². The maximum atomic E-state index is 12.5. The normalized spacial score (nSPS) is 13.8. The molecule has 196 valence electrons. The summed E-state index contributed by atoms with van der Waals surface area (Å²) in [4.78, 5) is 49.1. The highest BCUT2D eigenvalue weighted by atomic mass is 35.5. The van der Waals surface area contributed by atoms with Crippen LogP contribution >= 0.6 is 23.2 Å². The Hall–Kier alpha value is -2.88. The molecular formula is C25H32Cl2N4O5. The van der Waals surface area contributed by atoms with Crippen molar-refractivity contribution in [3.8, 4) is 0 Å². The number of aliphatic hydroxyl groups is 1. The Kier molecular flexibility index (Phi) is 11.4. The zero-order valence-corrected chi connectivity index (χ0v) is 21.9. The third-order valence-electron chi connectivity index (χ3n) is 5.60. The van der Waals surface area contributed by atoms with Gasteiger partial charge in [-0.3, -0.25) is 24.1 Å². The van der Waals surface area contributed by atoms with Gasteiger partial charge in [0.05, 0.1) is 19.2 Å². The molecule has 0 saturated carbocycles. The fraction of sp³-hybridized carbons (Fsp3) is 0.440. The van der Waals surface area contributed by atoms with Crippen molar-refractivity contribution in [2.45, 2.75) is 52.2 Å². The predicted octanol–water partition coefficient (Wildman–Crippen LogP) is 3.15. The van der Waals surface area contributed by atoms with Crippen LogP contribution in [0.4, 0.5) is 5.69 Å². The molecule has 0 aromatic heterocycles. The van der Waals surface area contributed by atoms with Crippen molar-refractivity contribution in [3.63, 3.8) is 0 Å². The molecular weight excluding hydrogens is 507 g/mol. The second-order valence-electron chi connectivity index (χ2n) is 8.76. The maximum Gasteiger partial charge on any atom is 0.253 e. The van der Waals surface area contributed by atoms with Gasteiger partial charge in [0.2, 0.25) is 11.8 Å². The van der Waals surface area contributed by atoms with Crippen molar-refractivity contribution in [1.82, 2.24) is 15.5 Å². The number of carbonyl (C=O) groups is 4. The molecule has 1 aliphatic heterocycles. The van der Waals surface area contributed by atoms with Gasteiger partial charge in [-0.1, -0.05) is 50.0 Å². The Bertz CT molecular complexity index is 1000. The molecule has 11 heteroatoms. The minimum atomic E-state index is -0.385. The SMILES string of the molecule is C=C(NCC(=O)Nc1cc(Cl)c(CO)c(Cl)c1)C(NC(=O)CCCCCN1C(=O)C=CC1=O)C(C)C. The number of rotatable bonds is 14. The van der Waals surface area contributed by atoms with Gasteiger partial charge in [-0.2, -0.15) is 0 Å². The van der Waals surface area contributed by atoms with E-state index in [0.717, 1.165) is 0 Å². The number of hydrogen-bond donors (Lipinski definition) is 4. The molecule has 4 N–H and O–H groups in total. The smallest absolute Gasteiger partial charge is 0.253 e. The van der Waals surface area contributed by atoms with Crippen LogP contribution in [0.5, 0.6) is 0 Å². The van der Waals surface area contributed by atoms with Crippen LogP contribution in [-0.2, 0) is 25.8 Å². The molecule has 1 aromatic carbocycles. The van der Waals surface area contributed by atoms with Crippen molar-refractivity contribution in [2.24, 2.45) is 5.92 Å². The van der Waals surface area contributed by atoms with Gasteiger partial charge >= 0.3 is 0 Å². The second-order valence-corrected chi connectivity index (χ2v) is 9.58. The Morgan fingerprint density at radius 1 is 1.03 bits per heavy atom. The number of unbranched alkanes of at least 4 members (excludes halogenated alkanes) is 2. The van der Waals surface area contributed by atoms with Crippen molar-refractivity contribution >= 4 is 52.5 Å². The van der Waals surface area contributed by atoms with Gasteiger partial charge < -0.3 is 21.1 Å². The van der Waals surface area contributed by atoms with Crippen LogP contribution in [0, 0.1) is 5.92 Å². The zero-order chi connectivity index (χ0) is 26.8. The van der Waals surface area contributed by atoms with Crippen LogP contribution in [0.25, 0.3) is 0 Å². The van der Waals surface area contributed by atoms with E-state index >= 15 is 0 Å². The lowest BCUT2D eigenvalue weighted by Crippen LogP contribution is -2.44. The number of hydrogen-bond acceptors (Lipinski definition) is 6. The van der Waals surface area contributed by atoms with Gasteiger partial charge in [-0.05, 0) is 30.9 Å². The molecule has 0 radical (unpaired) electrons. The molecule has 1 atom stereocenters. The summed E-state index contributed by atoms with van der Waals surface area (Å²) >= 11 is 12.1. The maximum absolute atomic E-state index is 12.5. The van der Waals surface area contributed by atoms with Crippen molar-refractivity contribution in [1.29, 1.82) is 0 Å². The topological polar surface area (TPSA) is 128 Å². The van der Waals surface area contributed by atoms with Crippen LogP contribution in [0.15, 0.2) is 36.6 Å². The number of aliphatic hydroxyl groups excluding tert-OH is 1. The minimum Gasteiger partial charge on any atom is -0.392 e. The van der Waals surface area contributed by atoms with Crippen molar-refractivity contribution < 1.29 is 24.3 Å². The molecule has 1 unspecified atom stereocenters. The molecule has 1 aromatic rings. The first-order chi connectivity index (χ1) is 17.0. The summed E-state index contributed by atoms with van der Waals surface area (Å²) in [7, 11) is 0. The summed E-state index contributed by atoms with van der Waals surface area (Å²) in [5.41, 5.74) is 1.27. The Morgan fingerprint density at radius 2 is 1.64 bits per heavy atom. The van der Waals surface area contributed by atoms with E-state index in [4.69, 9.17) is 23.2 Å². The minimum absolute atomic E-state index is 0.0281. The van der Waals surface area contributed by atoms with Crippen LogP contribution in [0.3, 0.4) is 0 Å². The van der Waals surface area contributed by atoms with Gasteiger partial charge in [0.15, 0.2) is 0 Å². The number of anilines is 1. The Labute approximate surface area is 220 Å². The quantitative estimate of drug-likeness (QED) is 0.213. The van der Waals surface area contributed by atoms with E-state index in [1.807, 2.05) is 13.8 Å². The van der Waals surface area contributed by atoms with Crippen molar-refractivity contribution in [2.75, 3.05) is 18.4 Å². The molecule has 4 amide bonds. The number of halogens is 2. The summed E-state index contributed by atoms with van der Waals surface area (Å²) < 4.78 is 0. The van der Waals surface area contributed by atoms with Gasteiger partial charge in [0.1, 0.15) is 0 Å². The van der Waals surface area contributed by atoms with Crippen LogP contribution in [0.2, 0.25) is 10.0 Å². The van der Waals surface area contributed by atoms with E-state index in [1.54, 1.807) is 0 Å². The summed E-state index contributed by atoms with van der Waals surface area (Å²) in [5.74, 6) is -1.09. The lowest BCUT2D eigenvalue weighted by molar-refractivity contribution is -0.137. The van der Waals surface area contributed by atoms with Gasteiger partial charge in [-0.15, -0.1) is 0 Å². The molecule has 0 bridgehead atoms. The lowest BCUT2D eigenvalue weighted by atomic mass is 10.0. The van der Waals surface area contributed by atoms with E-state index < -0.39 is 0 Å². The first-order valence-corrected chi connectivity index (χ1v) is 12.4. The fourth-order valence-electron chi connectivity index (χ4n) is 3.62. The second kappa shape index (κ2) is 14.0. The molecule has 0 spiro atoms. The highest BCUT2D eigenvalue weighted by Gasteiger charge is 2.23. The number of nitrogens with zero attached hydrogens (tertiary/aromatic N) is 1. The highest BCUT2D eigenvalue weighted by molar-refractivity contribution is 6.36. The standard InChI is InChI=1S/C25H32Cl2N4O5/c1-15(2)25(30-21(33)7-5-4-6-10-31-23(35)8-9-24(31)36)16(3)28-13-22(34)29-17-11-19(26)18(14-32)20(27)12-17/h8-9,11-12,15,25,28,32H,3-7,10,13-14H2,1-2H3,(H,29,34)(H,30,33). The lowest BCUT2D eigenvalue weighted by Gasteiger charge is -2.25. The monoisotopic (exact) mass is 538 g/mol. The molecule has 0 aliphatic carbocycles. The zero-order valence-electron chi connectivity index (χ0n) is 20.4.